The number of carbonyl (C=O) groups is 3. The van der Waals surface area contributed by atoms with E-state index in [4.69, 9.17) is 4.52 Å². The molecule has 3 aliphatic carbocycles. The monoisotopic (exact) mass is 500 g/mol. The maximum atomic E-state index is 13.6. The first-order valence-electron chi connectivity index (χ1n) is 13.5. The van der Waals surface area contributed by atoms with E-state index in [1.807, 2.05) is 12.1 Å². The summed E-state index contributed by atoms with van der Waals surface area (Å²) in [6.45, 7) is 2.29. The van der Waals surface area contributed by atoms with Crippen molar-refractivity contribution in [2.24, 2.45) is 29.1 Å². The maximum absolute atomic E-state index is 13.6. The summed E-state index contributed by atoms with van der Waals surface area (Å²) in [5.74, 6) is 1.24. The molecule has 2 bridgehead atoms. The lowest BCUT2D eigenvalue weighted by molar-refractivity contribution is -0.135. The summed E-state index contributed by atoms with van der Waals surface area (Å²) < 4.78 is 4.87. The number of hydrogen-bond donors (Lipinski definition) is 0. The molecule has 3 fully saturated rings. The van der Waals surface area contributed by atoms with Crippen LogP contribution in [0.4, 0.5) is 5.69 Å². The highest BCUT2D eigenvalue weighted by atomic mass is 16.5. The molecule has 2 saturated carbocycles. The fourth-order valence-electron chi connectivity index (χ4n) is 7.63. The lowest BCUT2D eigenvalue weighted by atomic mass is 9.88. The van der Waals surface area contributed by atoms with Crippen molar-refractivity contribution >= 4 is 23.4 Å². The molecule has 8 nitrogen and oxygen atoms in total. The molecule has 37 heavy (non-hydrogen) atoms. The minimum Gasteiger partial charge on any atom is -0.371 e. The highest BCUT2D eigenvalue weighted by Gasteiger charge is 2.63. The topological polar surface area (TPSA) is 87.0 Å². The average Bonchev–Trinajstić information content (AvgIpc) is 3.15. The number of hydrogen-bond acceptors (Lipinski definition) is 6. The third-order valence-corrected chi connectivity index (χ3v) is 9.69. The van der Waals surface area contributed by atoms with Gasteiger partial charge in [0.2, 0.25) is 5.91 Å². The molecule has 3 amide bonds. The Morgan fingerprint density at radius 1 is 1.14 bits per heavy atom. The number of nitrogens with zero attached hydrogens (tertiary/aromatic N) is 4. The van der Waals surface area contributed by atoms with Gasteiger partial charge < -0.3 is 14.3 Å². The third-order valence-electron chi connectivity index (χ3n) is 9.69. The van der Waals surface area contributed by atoms with Crippen molar-refractivity contribution in [3.05, 3.63) is 59.5 Å². The first-order chi connectivity index (χ1) is 18.0. The average molecular weight is 501 g/mol. The fraction of sp³-hybridized carbons (Fsp3) is 0.517. The van der Waals surface area contributed by atoms with Gasteiger partial charge in [0.1, 0.15) is 12.0 Å². The summed E-state index contributed by atoms with van der Waals surface area (Å²) in [7, 11) is 1.79. The van der Waals surface area contributed by atoms with Crippen molar-refractivity contribution < 1.29 is 18.9 Å². The molecule has 3 atom stereocenters. The number of aromatic nitrogens is 1. The summed E-state index contributed by atoms with van der Waals surface area (Å²) in [4.78, 5) is 45.4. The SMILES string of the molecule is CN(Cc1ccon1)C(=O)C1CCN(c2cccc3c2C(=O)N(CC2CC4C=CC2C42CC2)C3=O)CC1. The molecule has 0 radical (unpaired) electrons. The van der Waals surface area contributed by atoms with Crippen molar-refractivity contribution in [2.75, 3.05) is 31.6 Å². The molecule has 192 valence electrons. The molecular weight excluding hydrogens is 468 g/mol. The van der Waals surface area contributed by atoms with Gasteiger partial charge in [0, 0.05) is 38.7 Å². The summed E-state index contributed by atoms with van der Waals surface area (Å²) in [6, 6.07) is 7.39. The molecule has 5 aliphatic rings. The van der Waals surface area contributed by atoms with Gasteiger partial charge in [-0.1, -0.05) is 23.4 Å². The van der Waals surface area contributed by atoms with Crippen LogP contribution >= 0.6 is 0 Å². The van der Waals surface area contributed by atoms with E-state index in [-0.39, 0.29) is 23.6 Å². The highest BCUT2D eigenvalue weighted by molar-refractivity contribution is 6.23. The highest BCUT2D eigenvalue weighted by Crippen LogP contribution is 2.70. The number of amides is 3. The van der Waals surface area contributed by atoms with Crippen LogP contribution in [0.3, 0.4) is 0 Å². The Morgan fingerprint density at radius 2 is 1.95 bits per heavy atom. The molecule has 2 aliphatic heterocycles. The molecule has 3 unspecified atom stereocenters. The van der Waals surface area contributed by atoms with Crippen LogP contribution in [-0.2, 0) is 11.3 Å². The zero-order valence-electron chi connectivity index (χ0n) is 21.1. The van der Waals surface area contributed by atoms with E-state index in [2.05, 4.69) is 22.2 Å². The summed E-state index contributed by atoms with van der Waals surface area (Å²) in [5, 5.41) is 3.90. The van der Waals surface area contributed by atoms with Crippen molar-refractivity contribution in [1.82, 2.24) is 15.0 Å². The standard InChI is InChI=1S/C29H32N4O4/c1-31(17-21-9-14-37-30-21)26(34)18-7-12-32(13-8-18)24-4-2-3-22-25(24)28(36)33(27(22)35)16-19-15-20-5-6-23(19)29(20)10-11-29/h2-6,9,14,18-20,23H,7-8,10-13,15-17H2,1H3. The first kappa shape index (κ1) is 22.8. The van der Waals surface area contributed by atoms with Crippen LogP contribution < -0.4 is 4.90 Å². The fourth-order valence-corrected chi connectivity index (χ4v) is 7.63. The lowest BCUT2D eigenvalue weighted by Crippen LogP contribution is -2.41. The van der Waals surface area contributed by atoms with Gasteiger partial charge >= 0.3 is 0 Å². The van der Waals surface area contributed by atoms with E-state index < -0.39 is 0 Å². The normalized spacial score (nSPS) is 27.4. The zero-order valence-corrected chi connectivity index (χ0v) is 21.1. The van der Waals surface area contributed by atoms with Gasteiger partial charge in [-0.15, -0.1) is 0 Å². The van der Waals surface area contributed by atoms with Crippen LogP contribution in [0.15, 0.2) is 47.2 Å². The molecule has 2 aromatic rings. The lowest BCUT2D eigenvalue weighted by Gasteiger charge is -2.35. The number of imide groups is 1. The Morgan fingerprint density at radius 3 is 2.65 bits per heavy atom. The van der Waals surface area contributed by atoms with E-state index in [0.717, 1.165) is 17.8 Å². The van der Waals surface area contributed by atoms with Crippen molar-refractivity contribution in [2.45, 2.75) is 38.6 Å². The summed E-state index contributed by atoms with van der Waals surface area (Å²) in [5.41, 5.74) is 3.06. The van der Waals surface area contributed by atoms with Crippen LogP contribution in [0.2, 0.25) is 0 Å². The molecule has 3 heterocycles. The number of piperidine rings is 1. The molecule has 1 saturated heterocycles. The van der Waals surface area contributed by atoms with E-state index in [1.54, 1.807) is 24.1 Å². The largest absolute Gasteiger partial charge is 0.371 e. The van der Waals surface area contributed by atoms with Crippen LogP contribution in [0.25, 0.3) is 0 Å². The van der Waals surface area contributed by atoms with Gasteiger partial charge in [-0.25, -0.2) is 0 Å². The molecule has 8 heteroatoms. The predicted molar refractivity (Wildman–Crippen MR) is 136 cm³/mol. The van der Waals surface area contributed by atoms with Crippen LogP contribution in [0, 0.1) is 29.1 Å². The van der Waals surface area contributed by atoms with E-state index in [1.165, 1.54) is 24.0 Å². The summed E-state index contributed by atoms with van der Waals surface area (Å²) >= 11 is 0. The van der Waals surface area contributed by atoms with Gasteiger partial charge in [-0.3, -0.25) is 19.3 Å². The van der Waals surface area contributed by atoms with Gasteiger partial charge in [0.05, 0.1) is 23.4 Å². The Bertz CT molecular complexity index is 1290. The summed E-state index contributed by atoms with van der Waals surface area (Å²) in [6.07, 6.45) is 11.3. The van der Waals surface area contributed by atoms with Crippen molar-refractivity contribution in [3.8, 4) is 0 Å². The van der Waals surface area contributed by atoms with E-state index in [9.17, 15) is 14.4 Å². The number of anilines is 1. The number of benzene rings is 1. The molecule has 1 spiro atoms. The molecule has 1 aromatic carbocycles. The number of fused-ring (bicyclic) bond motifs is 1. The predicted octanol–water partition coefficient (Wildman–Crippen LogP) is 3.75. The van der Waals surface area contributed by atoms with Crippen LogP contribution in [0.1, 0.15) is 58.5 Å². The Kier molecular flexibility index (Phi) is 5.10. The molecular formula is C29H32N4O4. The minimum atomic E-state index is -0.155. The van der Waals surface area contributed by atoms with E-state index in [0.29, 0.717) is 73.3 Å². The van der Waals surface area contributed by atoms with Gasteiger partial charge in [-0.2, -0.15) is 0 Å². The quantitative estimate of drug-likeness (QED) is 0.444. The molecule has 1 aromatic heterocycles. The Labute approximate surface area is 216 Å². The second-order valence-electron chi connectivity index (χ2n) is 11.6. The number of allylic oxidation sites excluding steroid dienone is 2. The Hall–Kier alpha value is -3.42. The Balaban J connectivity index is 1.03. The maximum Gasteiger partial charge on any atom is 0.263 e. The first-order valence-corrected chi connectivity index (χ1v) is 13.5. The smallest absolute Gasteiger partial charge is 0.263 e. The van der Waals surface area contributed by atoms with Gasteiger partial charge in [-0.05, 0) is 67.4 Å². The van der Waals surface area contributed by atoms with E-state index >= 15 is 0 Å². The second-order valence-corrected chi connectivity index (χ2v) is 11.6. The van der Waals surface area contributed by atoms with Crippen LogP contribution in [0.5, 0.6) is 0 Å². The third kappa shape index (κ3) is 3.48. The van der Waals surface area contributed by atoms with Gasteiger partial charge in [0.25, 0.3) is 11.8 Å². The molecule has 0 N–H and O–H groups in total. The zero-order chi connectivity index (χ0) is 25.3. The van der Waals surface area contributed by atoms with Crippen LogP contribution in [-0.4, -0.2) is 59.4 Å². The number of carbonyl (C=O) groups excluding carboxylic acids is 3. The second kappa shape index (κ2) is 8.30. The minimum absolute atomic E-state index is 0.0701. The molecule has 7 rings (SSSR count). The number of rotatable bonds is 6. The van der Waals surface area contributed by atoms with Gasteiger partial charge in [0.15, 0.2) is 0 Å². The van der Waals surface area contributed by atoms with Crippen molar-refractivity contribution in [3.63, 3.8) is 0 Å². The van der Waals surface area contributed by atoms with Crippen molar-refractivity contribution in [1.29, 1.82) is 0 Å².